The number of nitrogens with zero attached hydrogens (tertiary/aromatic N) is 1. The van der Waals surface area contributed by atoms with Crippen molar-refractivity contribution in [2.45, 2.75) is 424 Å². The van der Waals surface area contributed by atoms with E-state index in [0.717, 1.165) is 51.4 Å². The summed E-state index contributed by atoms with van der Waals surface area (Å²) in [6.07, 6.45) is 95.6. The molecule has 0 aromatic heterocycles. The van der Waals surface area contributed by atoms with Crippen LogP contribution in [0.5, 0.6) is 0 Å². The molecule has 0 bridgehead atoms. The molecule has 0 aromatic rings. The zero-order valence-electron chi connectivity index (χ0n) is 62.7. The third-order valence-electron chi connectivity index (χ3n) is 18.6. The lowest BCUT2D eigenvalue weighted by Gasteiger charge is -2.25. The van der Waals surface area contributed by atoms with Gasteiger partial charge in [0.1, 0.15) is 13.2 Å². The van der Waals surface area contributed by atoms with E-state index in [1.54, 1.807) is 0 Å². The van der Waals surface area contributed by atoms with E-state index in [-0.39, 0.29) is 38.2 Å². The molecule has 9 nitrogen and oxygen atoms in total. The van der Waals surface area contributed by atoms with Gasteiger partial charge in [0.2, 0.25) is 0 Å². The highest BCUT2D eigenvalue weighted by Crippen LogP contribution is 2.20. The van der Waals surface area contributed by atoms with Crippen molar-refractivity contribution < 1.29 is 42.9 Å². The number of aliphatic carboxylic acids is 1. The van der Waals surface area contributed by atoms with Crippen LogP contribution in [0.15, 0.2) is 48.6 Å². The van der Waals surface area contributed by atoms with Crippen molar-refractivity contribution in [2.75, 3.05) is 47.5 Å². The van der Waals surface area contributed by atoms with Crippen LogP contribution in [-0.2, 0) is 33.3 Å². The van der Waals surface area contributed by atoms with E-state index in [0.29, 0.717) is 17.4 Å². The topological polar surface area (TPSA) is 108 Å². The van der Waals surface area contributed by atoms with Crippen LogP contribution in [0.1, 0.15) is 412 Å². The van der Waals surface area contributed by atoms with Crippen molar-refractivity contribution in [2.24, 2.45) is 0 Å². The molecule has 546 valence electrons. The summed E-state index contributed by atoms with van der Waals surface area (Å²) in [5, 5.41) is 9.77. The first-order valence-electron chi connectivity index (χ1n) is 40.8. The molecule has 0 aliphatic carbocycles. The number of rotatable bonds is 77. The largest absolute Gasteiger partial charge is 0.477 e. The molecule has 9 heteroatoms. The van der Waals surface area contributed by atoms with Crippen LogP contribution in [0.4, 0.5) is 0 Å². The Kier molecular flexibility index (Phi) is 72.8. The van der Waals surface area contributed by atoms with E-state index in [1.807, 2.05) is 21.1 Å². The minimum absolute atomic E-state index is 0.177. The molecule has 2 atom stereocenters. The van der Waals surface area contributed by atoms with Crippen molar-refractivity contribution >= 4 is 17.9 Å². The highest BCUT2D eigenvalue weighted by molar-refractivity contribution is 5.71. The predicted octanol–water partition coefficient (Wildman–Crippen LogP) is 26.0. The first-order chi connectivity index (χ1) is 45.6. The highest BCUT2D eigenvalue weighted by Gasteiger charge is 2.25. The molecule has 1 N–H and O–H groups in total. The number of carboxylic acid groups (broad SMARTS) is 1. The summed E-state index contributed by atoms with van der Waals surface area (Å²) >= 11 is 0. The van der Waals surface area contributed by atoms with Crippen LogP contribution in [0, 0.1) is 0 Å². The van der Waals surface area contributed by atoms with Gasteiger partial charge in [-0.05, 0) is 77.0 Å². The van der Waals surface area contributed by atoms with Gasteiger partial charge in [0.05, 0.1) is 34.4 Å². The molecule has 0 fully saturated rings. The Morgan fingerprint density at radius 2 is 0.581 bits per heavy atom. The summed E-state index contributed by atoms with van der Waals surface area (Å²) in [7, 11) is 6.00. The summed E-state index contributed by atoms with van der Waals surface area (Å²) < 4.78 is 23.1. The normalized spacial score (nSPS) is 12.8. The second-order valence-corrected chi connectivity index (χ2v) is 29.1. The summed E-state index contributed by atoms with van der Waals surface area (Å²) in [4.78, 5) is 37.7. The van der Waals surface area contributed by atoms with Crippen molar-refractivity contribution in [3.05, 3.63) is 48.6 Å². The van der Waals surface area contributed by atoms with Gasteiger partial charge < -0.3 is 28.5 Å². The molecule has 0 aromatic carbocycles. The molecule has 0 rings (SSSR count). The Balaban J connectivity index is 3.96. The quantitative estimate of drug-likeness (QED) is 0.0211. The van der Waals surface area contributed by atoms with Crippen LogP contribution >= 0.6 is 0 Å². The number of ether oxygens (including phenoxy) is 4. The Hall–Kier alpha value is -2.75. The monoisotopic (exact) mass is 1310 g/mol. The molecule has 0 aliphatic heterocycles. The molecular formula is C84H158NO8+. The van der Waals surface area contributed by atoms with Gasteiger partial charge >= 0.3 is 17.9 Å². The lowest BCUT2D eigenvalue weighted by molar-refractivity contribution is -0.870. The van der Waals surface area contributed by atoms with Gasteiger partial charge in [0, 0.05) is 12.8 Å². The summed E-state index contributed by atoms with van der Waals surface area (Å²) in [5.74, 6) is -1.97. The first kappa shape index (κ1) is 90.2. The van der Waals surface area contributed by atoms with Crippen LogP contribution in [0.25, 0.3) is 0 Å². The van der Waals surface area contributed by atoms with Crippen molar-refractivity contribution in [1.29, 1.82) is 0 Å². The van der Waals surface area contributed by atoms with Crippen LogP contribution in [0.3, 0.4) is 0 Å². The maximum atomic E-state index is 13.0. The molecule has 0 heterocycles. The first-order valence-corrected chi connectivity index (χ1v) is 40.8. The Bertz CT molecular complexity index is 1670. The van der Waals surface area contributed by atoms with E-state index in [2.05, 4.69) is 62.5 Å². The van der Waals surface area contributed by atoms with E-state index in [9.17, 15) is 19.5 Å². The van der Waals surface area contributed by atoms with Gasteiger partial charge in [0.15, 0.2) is 6.10 Å². The van der Waals surface area contributed by atoms with Crippen molar-refractivity contribution in [1.82, 2.24) is 0 Å². The van der Waals surface area contributed by atoms with Crippen molar-refractivity contribution in [3.8, 4) is 0 Å². The summed E-state index contributed by atoms with van der Waals surface area (Å²) in [5.41, 5.74) is 0. The second-order valence-electron chi connectivity index (χ2n) is 29.1. The molecule has 0 saturated carbocycles. The van der Waals surface area contributed by atoms with Crippen LogP contribution < -0.4 is 0 Å². The molecular weight excluding hydrogens is 1150 g/mol. The second kappa shape index (κ2) is 75.0. The molecule has 0 saturated heterocycles. The number of esters is 2. The lowest BCUT2D eigenvalue weighted by Crippen LogP contribution is -2.40. The number of carbonyl (C=O) groups excluding carboxylic acids is 2. The fraction of sp³-hybridized carbons (Fsp3) is 0.869. The summed E-state index contributed by atoms with van der Waals surface area (Å²) in [6.45, 7) is 4.94. The number of quaternary nitrogens is 1. The number of unbranched alkanes of at least 4 members (excludes halogenated alkanes) is 54. The SMILES string of the molecule is CCCCCCC/C=C\C/C=C\C/C=C\CCCCCCCCCCCCCCCCCCC(=O)OC(COC(=O)CCCCCCCCCCCCCCCCCCCCCCCCCCC/C=C\CCCCCCCCCC)COC(OCC[N+](C)(C)C)C(=O)O. The number of carboxylic acids is 1. The maximum Gasteiger partial charge on any atom is 0.361 e. The van der Waals surface area contributed by atoms with Crippen LogP contribution in [0.2, 0.25) is 0 Å². The third kappa shape index (κ3) is 76.5. The zero-order valence-corrected chi connectivity index (χ0v) is 62.7. The fourth-order valence-corrected chi connectivity index (χ4v) is 12.3. The minimum Gasteiger partial charge on any atom is -0.477 e. The Morgan fingerprint density at radius 3 is 0.871 bits per heavy atom. The van der Waals surface area contributed by atoms with E-state index < -0.39 is 18.4 Å². The average Bonchev–Trinajstić information content (AvgIpc) is 3.38. The van der Waals surface area contributed by atoms with Gasteiger partial charge in [-0.3, -0.25) is 9.59 Å². The molecule has 0 spiro atoms. The van der Waals surface area contributed by atoms with E-state index in [1.165, 1.54) is 334 Å². The number of likely N-dealkylation sites (N-methyl/N-ethyl adjacent to an activating group) is 1. The Labute approximate surface area is 578 Å². The number of allylic oxidation sites excluding steroid dienone is 8. The maximum absolute atomic E-state index is 13.0. The number of carbonyl (C=O) groups is 3. The highest BCUT2D eigenvalue weighted by atomic mass is 16.7. The van der Waals surface area contributed by atoms with Gasteiger partial charge in [0.25, 0.3) is 6.29 Å². The lowest BCUT2D eigenvalue weighted by atomic mass is 10.0. The van der Waals surface area contributed by atoms with Gasteiger partial charge in [-0.25, -0.2) is 4.79 Å². The van der Waals surface area contributed by atoms with Crippen LogP contribution in [-0.4, -0.2) is 87.4 Å². The van der Waals surface area contributed by atoms with Gasteiger partial charge in [-0.1, -0.05) is 371 Å². The molecule has 0 amide bonds. The number of hydrogen-bond acceptors (Lipinski definition) is 7. The number of hydrogen-bond donors (Lipinski definition) is 1. The average molecular weight is 1310 g/mol. The van der Waals surface area contributed by atoms with Gasteiger partial charge in [-0.15, -0.1) is 0 Å². The fourth-order valence-electron chi connectivity index (χ4n) is 12.3. The summed E-state index contributed by atoms with van der Waals surface area (Å²) in [6, 6.07) is 0. The molecule has 0 radical (unpaired) electrons. The third-order valence-corrected chi connectivity index (χ3v) is 18.6. The molecule has 93 heavy (non-hydrogen) atoms. The molecule has 0 aliphatic rings. The standard InChI is InChI=1S/C84H157NO8/c1-6-8-10-12-14-16-18-20-22-24-26-28-30-32-34-36-38-39-40-41-42-43-45-46-48-50-52-54-56-58-60-62-64-66-68-70-72-74-81(86)91-78-80(79-92-84(83(88)89)90-77-76-85(3,4)5)93-82(87)75-73-71-69-67-65-63-61-59-57-55-53-51-49-47-44-37-35-33-31-29-27-25-23-21-19-17-15-13-11-9-7-2/h19,21,24-27,31,33,80,84H,6-18,20,22-23,28-30,32,34-79H2,1-5H3/p+1/b21-19-,26-24-,27-25-,33-31-. The van der Waals surface area contributed by atoms with Crippen molar-refractivity contribution in [3.63, 3.8) is 0 Å². The minimum atomic E-state index is -1.51. The zero-order chi connectivity index (χ0) is 67.5. The smallest absolute Gasteiger partial charge is 0.361 e. The van der Waals surface area contributed by atoms with E-state index in [4.69, 9.17) is 18.9 Å². The molecule has 2 unspecified atom stereocenters. The van der Waals surface area contributed by atoms with Gasteiger partial charge in [-0.2, -0.15) is 0 Å². The Morgan fingerprint density at radius 1 is 0.323 bits per heavy atom. The predicted molar refractivity (Wildman–Crippen MR) is 401 cm³/mol. The van der Waals surface area contributed by atoms with E-state index >= 15 is 0 Å².